The summed E-state index contributed by atoms with van der Waals surface area (Å²) in [5.41, 5.74) is 0.158. The van der Waals surface area contributed by atoms with Gasteiger partial charge in [-0.1, -0.05) is 42.5 Å². The molecular formula is C17H19NO3. The van der Waals surface area contributed by atoms with Gasteiger partial charge in [-0.3, -0.25) is 9.59 Å². The molecule has 0 saturated heterocycles. The highest BCUT2D eigenvalue weighted by Crippen LogP contribution is 2.53. The quantitative estimate of drug-likeness (QED) is 0.835. The van der Waals surface area contributed by atoms with Gasteiger partial charge in [0.25, 0.3) is 0 Å². The molecule has 4 nitrogen and oxygen atoms in total. The lowest BCUT2D eigenvalue weighted by Gasteiger charge is -2.30. The van der Waals surface area contributed by atoms with E-state index in [1.165, 1.54) is 0 Å². The Kier molecular flexibility index (Phi) is 3.32. The van der Waals surface area contributed by atoms with Crippen LogP contribution in [-0.2, 0) is 9.59 Å². The molecule has 1 amide bonds. The molecule has 2 aliphatic carbocycles. The smallest absolute Gasteiger partial charge is 0.307 e. The zero-order valence-corrected chi connectivity index (χ0v) is 12.0. The van der Waals surface area contributed by atoms with Gasteiger partial charge in [-0.25, -0.2) is 0 Å². The van der Waals surface area contributed by atoms with Gasteiger partial charge in [-0.15, -0.1) is 0 Å². The molecule has 1 saturated carbocycles. The fraction of sp³-hybridized carbons (Fsp3) is 0.412. The van der Waals surface area contributed by atoms with Gasteiger partial charge in [-0.2, -0.15) is 0 Å². The Labute approximate surface area is 123 Å². The van der Waals surface area contributed by atoms with Crippen molar-refractivity contribution in [2.24, 2.45) is 17.3 Å². The number of hydrogen-bond acceptors (Lipinski definition) is 2. The van der Waals surface area contributed by atoms with Crippen molar-refractivity contribution in [1.29, 1.82) is 0 Å². The number of benzene rings is 1. The first-order valence-corrected chi connectivity index (χ1v) is 7.31. The Morgan fingerprint density at radius 2 is 2.05 bits per heavy atom. The van der Waals surface area contributed by atoms with Gasteiger partial charge in [0.2, 0.25) is 5.91 Å². The molecule has 0 radical (unpaired) electrons. The fourth-order valence-electron chi connectivity index (χ4n) is 3.61. The molecule has 4 heteroatoms. The Bertz CT molecular complexity index is 595. The lowest BCUT2D eigenvalue weighted by atomic mass is 9.77. The van der Waals surface area contributed by atoms with Crippen LogP contribution in [-0.4, -0.2) is 17.0 Å². The summed E-state index contributed by atoms with van der Waals surface area (Å²) >= 11 is 0. The van der Waals surface area contributed by atoms with Crippen molar-refractivity contribution >= 4 is 11.9 Å². The van der Waals surface area contributed by atoms with Gasteiger partial charge in [-0.05, 0) is 31.2 Å². The topological polar surface area (TPSA) is 66.4 Å². The number of allylic oxidation sites excluding steroid dienone is 1. The van der Waals surface area contributed by atoms with Gasteiger partial charge in [0.1, 0.15) is 0 Å². The average Bonchev–Trinajstić information content (AvgIpc) is 3.07. The molecule has 21 heavy (non-hydrogen) atoms. The van der Waals surface area contributed by atoms with Gasteiger partial charge < -0.3 is 10.4 Å². The molecule has 1 aromatic carbocycles. The summed E-state index contributed by atoms with van der Waals surface area (Å²) in [6.45, 7) is 1.92. The molecule has 3 rings (SSSR count). The van der Waals surface area contributed by atoms with Gasteiger partial charge in [0.15, 0.2) is 0 Å². The SMILES string of the molecule is CC(NC(=O)C12C=CC(CC1C(=O)O)C2)c1ccccc1. The van der Waals surface area contributed by atoms with E-state index in [9.17, 15) is 14.7 Å². The van der Waals surface area contributed by atoms with Crippen molar-refractivity contribution in [2.75, 3.05) is 0 Å². The van der Waals surface area contributed by atoms with E-state index in [4.69, 9.17) is 0 Å². The molecule has 1 aromatic rings. The van der Waals surface area contributed by atoms with Crippen LogP contribution in [0.3, 0.4) is 0 Å². The molecule has 2 bridgehead atoms. The normalized spacial score (nSPS) is 31.1. The minimum Gasteiger partial charge on any atom is -0.481 e. The van der Waals surface area contributed by atoms with Crippen molar-refractivity contribution in [3.8, 4) is 0 Å². The van der Waals surface area contributed by atoms with Crippen LogP contribution in [0.4, 0.5) is 0 Å². The summed E-state index contributed by atoms with van der Waals surface area (Å²) in [5.74, 6) is -1.41. The molecule has 0 aromatic heterocycles. The average molecular weight is 285 g/mol. The Hall–Kier alpha value is -2.10. The maximum Gasteiger partial charge on any atom is 0.307 e. The highest BCUT2D eigenvalue weighted by molar-refractivity contribution is 5.92. The number of rotatable bonds is 4. The second-order valence-corrected chi connectivity index (χ2v) is 6.10. The van der Waals surface area contributed by atoms with Crippen molar-refractivity contribution < 1.29 is 14.7 Å². The van der Waals surface area contributed by atoms with Crippen molar-refractivity contribution in [2.45, 2.75) is 25.8 Å². The third kappa shape index (κ3) is 2.24. The van der Waals surface area contributed by atoms with Crippen molar-refractivity contribution in [1.82, 2.24) is 5.32 Å². The van der Waals surface area contributed by atoms with Crippen molar-refractivity contribution in [3.05, 3.63) is 48.0 Å². The standard InChI is InChI=1S/C17H19NO3/c1-11(13-5-3-2-4-6-13)18-16(21)17-8-7-12(10-17)9-14(17)15(19)20/h2-8,11-12,14H,9-10H2,1H3,(H,18,21)(H,19,20). The Morgan fingerprint density at radius 3 is 2.67 bits per heavy atom. The number of hydrogen-bond donors (Lipinski definition) is 2. The van der Waals surface area contributed by atoms with Gasteiger partial charge >= 0.3 is 5.97 Å². The predicted octanol–water partition coefficient (Wildman–Crippen LogP) is 2.53. The summed E-state index contributed by atoms with van der Waals surface area (Å²) in [5, 5.41) is 12.4. The molecular weight excluding hydrogens is 266 g/mol. The van der Waals surface area contributed by atoms with Crippen LogP contribution >= 0.6 is 0 Å². The highest BCUT2D eigenvalue weighted by atomic mass is 16.4. The first-order valence-electron chi connectivity index (χ1n) is 7.31. The van der Waals surface area contributed by atoms with Crippen LogP contribution in [0.2, 0.25) is 0 Å². The van der Waals surface area contributed by atoms with Crippen LogP contribution in [0.25, 0.3) is 0 Å². The van der Waals surface area contributed by atoms with E-state index >= 15 is 0 Å². The number of amides is 1. The first kappa shape index (κ1) is 13.9. The summed E-state index contributed by atoms with van der Waals surface area (Å²) in [4.78, 5) is 24.1. The third-order valence-corrected chi connectivity index (χ3v) is 4.79. The van der Waals surface area contributed by atoms with Crippen LogP contribution < -0.4 is 5.32 Å². The molecule has 1 fully saturated rings. The molecule has 0 spiro atoms. The number of carbonyl (C=O) groups is 2. The van der Waals surface area contributed by atoms with Gasteiger partial charge in [0, 0.05) is 0 Å². The number of nitrogens with one attached hydrogen (secondary N) is 1. The molecule has 2 aliphatic rings. The summed E-state index contributed by atoms with van der Waals surface area (Å²) in [6, 6.07) is 9.57. The molecule has 110 valence electrons. The minimum absolute atomic E-state index is 0.129. The number of fused-ring (bicyclic) bond motifs is 2. The van der Waals surface area contributed by atoms with Crippen LogP contribution in [0.15, 0.2) is 42.5 Å². The van der Waals surface area contributed by atoms with Gasteiger partial charge in [0.05, 0.1) is 17.4 Å². The number of carbonyl (C=O) groups excluding carboxylic acids is 1. The second-order valence-electron chi connectivity index (χ2n) is 6.10. The highest BCUT2D eigenvalue weighted by Gasteiger charge is 2.56. The van der Waals surface area contributed by atoms with Crippen LogP contribution in [0, 0.1) is 17.3 Å². The number of aliphatic carboxylic acids is 1. The van der Waals surface area contributed by atoms with E-state index in [1.54, 1.807) is 0 Å². The fourth-order valence-corrected chi connectivity index (χ4v) is 3.61. The lowest BCUT2D eigenvalue weighted by Crippen LogP contribution is -2.45. The van der Waals surface area contributed by atoms with E-state index in [2.05, 4.69) is 5.32 Å². The zero-order valence-electron chi connectivity index (χ0n) is 12.0. The second kappa shape index (κ2) is 5.02. The molecule has 2 N–H and O–H groups in total. The van der Waals surface area contributed by atoms with E-state index in [-0.39, 0.29) is 17.9 Å². The summed E-state index contributed by atoms with van der Waals surface area (Å²) in [6.07, 6.45) is 5.00. The van der Waals surface area contributed by atoms with Crippen LogP contribution in [0.5, 0.6) is 0 Å². The first-order chi connectivity index (χ1) is 10.0. The monoisotopic (exact) mass is 285 g/mol. The van der Waals surface area contributed by atoms with Crippen molar-refractivity contribution in [3.63, 3.8) is 0 Å². The minimum atomic E-state index is -0.871. The van der Waals surface area contributed by atoms with E-state index in [0.717, 1.165) is 5.56 Å². The maximum atomic E-state index is 12.7. The summed E-state index contributed by atoms with van der Waals surface area (Å²) < 4.78 is 0. The van der Waals surface area contributed by atoms with E-state index in [0.29, 0.717) is 12.8 Å². The van der Waals surface area contributed by atoms with E-state index in [1.807, 2.05) is 49.4 Å². The third-order valence-electron chi connectivity index (χ3n) is 4.79. The largest absolute Gasteiger partial charge is 0.481 e. The Balaban J connectivity index is 1.79. The van der Waals surface area contributed by atoms with Crippen LogP contribution in [0.1, 0.15) is 31.4 Å². The lowest BCUT2D eigenvalue weighted by molar-refractivity contribution is -0.149. The number of carboxylic acids is 1. The molecule has 0 aliphatic heterocycles. The Morgan fingerprint density at radius 1 is 1.33 bits per heavy atom. The molecule has 4 atom stereocenters. The summed E-state index contributed by atoms with van der Waals surface area (Å²) in [7, 11) is 0. The van der Waals surface area contributed by atoms with E-state index < -0.39 is 17.3 Å². The molecule has 0 heterocycles. The maximum absolute atomic E-state index is 12.7. The molecule has 4 unspecified atom stereocenters. The predicted molar refractivity (Wildman–Crippen MR) is 78.4 cm³/mol. The zero-order chi connectivity index (χ0) is 15.0. The number of carboxylic acid groups (broad SMARTS) is 1.